The minimum atomic E-state index is -0.361. The fraction of sp³-hybridized carbons (Fsp3) is 1.00. The lowest BCUT2D eigenvalue weighted by molar-refractivity contribution is 0.0176. The standard InChI is InChI=1S/C14H27N3O2/c15-14(11-18,12-1-2-12)10-16-4-3-13(9-16)17-5-7-19-8-6-17/h12-13,18H,1-11,15H2. The molecule has 3 N–H and O–H groups in total. The van der Waals surface area contributed by atoms with Crippen LogP contribution in [0.4, 0.5) is 0 Å². The van der Waals surface area contributed by atoms with Crippen LogP contribution in [0.25, 0.3) is 0 Å². The second-order valence-corrected chi connectivity index (χ2v) is 6.49. The second-order valence-electron chi connectivity index (χ2n) is 6.49. The third kappa shape index (κ3) is 3.11. The van der Waals surface area contributed by atoms with Gasteiger partial charge in [0.05, 0.1) is 25.4 Å². The number of likely N-dealkylation sites (tertiary alicyclic amines) is 1. The Hall–Kier alpha value is -0.200. The fourth-order valence-electron chi connectivity index (χ4n) is 3.58. The first kappa shape index (κ1) is 13.8. The van der Waals surface area contributed by atoms with E-state index in [2.05, 4.69) is 9.80 Å². The summed E-state index contributed by atoms with van der Waals surface area (Å²) in [5.74, 6) is 0.542. The molecule has 2 unspecified atom stereocenters. The predicted octanol–water partition coefficient (Wildman–Crippen LogP) is -0.507. The monoisotopic (exact) mass is 269 g/mol. The molecule has 0 amide bonds. The molecular weight excluding hydrogens is 242 g/mol. The number of ether oxygens (including phenoxy) is 1. The first-order valence-electron chi connectivity index (χ1n) is 7.65. The van der Waals surface area contributed by atoms with E-state index in [9.17, 15) is 5.11 Å². The van der Waals surface area contributed by atoms with E-state index in [-0.39, 0.29) is 12.1 Å². The van der Waals surface area contributed by atoms with Gasteiger partial charge in [0.1, 0.15) is 0 Å². The van der Waals surface area contributed by atoms with Crippen LogP contribution >= 0.6 is 0 Å². The van der Waals surface area contributed by atoms with Crippen molar-refractivity contribution in [3.63, 3.8) is 0 Å². The summed E-state index contributed by atoms with van der Waals surface area (Å²) in [6, 6.07) is 0.658. The average molecular weight is 269 g/mol. The van der Waals surface area contributed by atoms with Crippen LogP contribution in [0.3, 0.4) is 0 Å². The van der Waals surface area contributed by atoms with Gasteiger partial charge in [0.15, 0.2) is 0 Å². The van der Waals surface area contributed by atoms with Gasteiger partial charge in [-0.2, -0.15) is 0 Å². The van der Waals surface area contributed by atoms with Gasteiger partial charge >= 0.3 is 0 Å². The van der Waals surface area contributed by atoms with Crippen LogP contribution in [0.2, 0.25) is 0 Å². The molecule has 5 nitrogen and oxygen atoms in total. The van der Waals surface area contributed by atoms with Crippen molar-refractivity contribution >= 4 is 0 Å². The third-order valence-corrected chi connectivity index (χ3v) is 5.01. The molecule has 0 radical (unpaired) electrons. The van der Waals surface area contributed by atoms with Crippen LogP contribution in [0.15, 0.2) is 0 Å². The van der Waals surface area contributed by atoms with E-state index < -0.39 is 0 Å². The minimum absolute atomic E-state index is 0.121. The summed E-state index contributed by atoms with van der Waals surface area (Å²) < 4.78 is 5.42. The highest BCUT2D eigenvalue weighted by Gasteiger charge is 2.44. The molecule has 0 aromatic heterocycles. The zero-order chi connectivity index (χ0) is 13.3. The summed E-state index contributed by atoms with van der Waals surface area (Å²) in [7, 11) is 0. The van der Waals surface area contributed by atoms with E-state index in [1.54, 1.807) is 0 Å². The maximum Gasteiger partial charge on any atom is 0.0626 e. The molecule has 2 atom stereocenters. The Balaban J connectivity index is 1.50. The molecule has 3 fully saturated rings. The van der Waals surface area contributed by atoms with E-state index in [4.69, 9.17) is 10.5 Å². The van der Waals surface area contributed by atoms with E-state index in [1.165, 1.54) is 19.3 Å². The number of morpholine rings is 1. The molecule has 0 aromatic carbocycles. The molecule has 2 saturated heterocycles. The van der Waals surface area contributed by atoms with E-state index in [1.807, 2.05) is 0 Å². The quantitative estimate of drug-likeness (QED) is 0.704. The molecular formula is C14H27N3O2. The van der Waals surface area contributed by atoms with Crippen molar-refractivity contribution < 1.29 is 9.84 Å². The lowest BCUT2D eigenvalue weighted by Crippen LogP contribution is -2.55. The summed E-state index contributed by atoms with van der Waals surface area (Å²) in [6.45, 7) is 7.07. The summed E-state index contributed by atoms with van der Waals surface area (Å²) in [6.07, 6.45) is 3.61. The SMILES string of the molecule is NC(CO)(CN1CCC(N2CCOCC2)C1)C1CC1. The van der Waals surface area contributed by atoms with Crippen LogP contribution in [0.5, 0.6) is 0 Å². The average Bonchev–Trinajstić information content (AvgIpc) is 3.21. The van der Waals surface area contributed by atoms with Crippen molar-refractivity contribution in [1.82, 2.24) is 9.80 Å². The Bertz CT molecular complexity index is 305. The lowest BCUT2D eigenvalue weighted by Gasteiger charge is -2.34. The number of aliphatic hydroxyl groups excluding tert-OH is 1. The van der Waals surface area contributed by atoms with Gasteiger partial charge in [-0.15, -0.1) is 0 Å². The minimum Gasteiger partial charge on any atom is -0.394 e. The molecule has 110 valence electrons. The molecule has 0 aromatic rings. The van der Waals surface area contributed by atoms with Crippen molar-refractivity contribution in [2.75, 3.05) is 52.5 Å². The number of hydrogen-bond donors (Lipinski definition) is 2. The number of nitrogens with two attached hydrogens (primary N) is 1. The summed E-state index contributed by atoms with van der Waals surface area (Å²) in [4.78, 5) is 5.01. The molecule has 19 heavy (non-hydrogen) atoms. The predicted molar refractivity (Wildman–Crippen MR) is 74.0 cm³/mol. The fourth-order valence-corrected chi connectivity index (χ4v) is 3.58. The normalized spacial score (nSPS) is 33.5. The van der Waals surface area contributed by atoms with Crippen LogP contribution in [-0.2, 0) is 4.74 Å². The van der Waals surface area contributed by atoms with Crippen molar-refractivity contribution in [1.29, 1.82) is 0 Å². The van der Waals surface area contributed by atoms with Crippen molar-refractivity contribution in [3.05, 3.63) is 0 Å². The lowest BCUT2D eigenvalue weighted by atomic mass is 9.95. The molecule has 3 aliphatic rings. The Morgan fingerprint density at radius 3 is 2.53 bits per heavy atom. The van der Waals surface area contributed by atoms with Gasteiger partial charge in [-0.05, 0) is 31.7 Å². The first-order valence-corrected chi connectivity index (χ1v) is 7.65. The highest BCUT2D eigenvalue weighted by Crippen LogP contribution is 2.39. The summed E-state index contributed by atoms with van der Waals surface area (Å²) >= 11 is 0. The van der Waals surface area contributed by atoms with Gasteiger partial charge in [0.2, 0.25) is 0 Å². The van der Waals surface area contributed by atoms with E-state index in [0.29, 0.717) is 12.0 Å². The van der Waals surface area contributed by atoms with Gasteiger partial charge in [0.25, 0.3) is 0 Å². The maximum absolute atomic E-state index is 9.59. The van der Waals surface area contributed by atoms with Crippen LogP contribution < -0.4 is 5.73 Å². The summed E-state index contributed by atoms with van der Waals surface area (Å²) in [5.41, 5.74) is 6.02. The first-order chi connectivity index (χ1) is 9.21. The number of aliphatic hydroxyl groups is 1. The highest BCUT2D eigenvalue weighted by atomic mass is 16.5. The molecule has 2 aliphatic heterocycles. The Labute approximate surface area is 115 Å². The molecule has 5 heteroatoms. The smallest absolute Gasteiger partial charge is 0.0626 e. The summed E-state index contributed by atoms with van der Waals surface area (Å²) in [5, 5.41) is 9.59. The maximum atomic E-state index is 9.59. The highest BCUT2D eigenvalue weighted by molar-refractivity contribution is 5.01. The zero-order valence-corrected chi connectivity index (χ0v) is 11.8. The van der Waals surface area contributed by atoms with Gasteiger partial charge in [0, 0.05) is 32.2 Å². The van der Waals surface area contributed by atoms with E-state index in [0.717, 1.165) is 45.9 Å². The Morgan fingerprint density at radius 2 is 1.89 bits per heavy atom. The topological polar surface area (TPSA) is 62.0 Å². The van der Waals surface area contributed by atoms with Crippen molar-refractivity contribution in [2.45, 2.75) is 30.8 Å². The number of hydrogen-bond acceptors (Lipinski definition) is 5. The zero-order valence-electron chi connectivity index (χ0n) is 11.8. The Kier molecular flexibility index (Phi) is 4.10. The molecule has 1 aliphatic carbocycles. The Morgan fingerprint density at radius 1 is 1.16 bits per heavy atom. The van der Waals surface area contributed by atoms with Gasteiger partial charge < -0.3 is 15.6 Å². The molecule has 0 bridgehead atoms. The van der Waals surface area contributed by atoms with Crippen LogP contribution in [0, 0.1) is 5.92 Å². The van der Waals surface area contributed by atoms with Crippen molar-refractivity contribution in [2.24, 2.45) is 11.7 Å². The van der Waals surface area contributed by atoms with Gasteiger partial charge in [-0.25, -0.2) is 0 Å². The molecule has 0 spiro atoms. The molecule has 3 rings (SSSR count). The van der Waals surface area contributed by atoms with Crippen LogP contribution in [0.1, 0.15) is 19.3 Å². The van der Waals surface area contributed by atoms with E-state index >= 15 is 0 Å². The largest absolute Gasteiger partial charge is 0.394 e. The van der Waals surface area contributed by atoms with Crippen molar-refractivity contribution in [3.8, 4) is 0 Å². The third-order valence-electron chi connectivity index (χ3n) is 5.01. The number of rotatable bonds is 5. The van der Waals surface area contributed by atoms with Crippen LogP contribution in [-0.4, -0.2) is 79.0 Å². The van der Waals surface area contributed by atoms with Gasteiger partial charge in [-0.3, -0.25) is 9.80 Å². The second kappa shape index (κ2) is 5.66. The molecule has 1 saturated carbocycles. The number of nitrogens with zero attached hydrogens (tertiary/aromatic N) is 2. The molecule has 2 heterocycles. The van der Waals surface area contributed by atoms with Gasteiger partial charge in [-0.1, -0.05) is 0 Å².